The second-order valence-corrected chi connectivity index (χ2v) is 8.56. The molecule has 0 saturated carbocycles. The number of aryl methyl sites for hydroxylation is 1. The van der Waals surface area contributed by atoms with Crippen LogP contribution in [0.25, 0.3) is 0 Å². The van der Waals surface area contributed by atoms with E-state index in [1.54, 1.807) is 4.90 Å². The zero-order valence-electron chi connectivity index (χ0n) is 17.1. The van der Waals surface area contributed by atoms with E-state index in [0.717, 1.165) is 19.4 Å². The molecule has 0 radical (unpaired) electrons. The third-order valence-corrected chi connectivity index (χ3v) is 6.80. The van der Waals surface area contributed by atoms with E-state index in [-0.39, 0.29) is 36.0 Å². The number of rotatable bonds is 5. The minimum absolute atomic E-state index is 0.0390. The van der Waals surface area contributed by atoms with Crippen LogP contribution in [0.1, 0.15) is 43.4 Å². The molecule has 1 aromatic carbocycles. The lowest BCUT2D eigenvalue weighted by atomic mass is 10.0. The molecule has 7 nitrogen and oxygen atoms in total. The lowest BCUT2D eigenvalue weighted by Gasteiger charge is -2.39. The van der Waals surface area contributed by atoms with Gasteiger partial charge < -0.3 is 15.5 Å². The number of likely N-dealkylation sites (tertiary alicyclic amines) is 3. The van der Waals surface area contributed by atoms with Crippen molar-refractivity contribution in [3.8, 4) is 6.07 Å². The molecule has 3 saturated heterocycles. The number of nitrogens with zero attached hydrogens (tertiary/aromatic N) is 4. The molecule has 0 spiro atoms. The van der Waals surface area contributed by atoms with Crippen LogP contribution in [0.4, 0.5) is 0 Å². The maximum atomic E-state index is 13.1. The highest BCUT2D eigenvalue weighted by molar-refractivity contribution is 5.87. The van der Waals surface area contributed by atoms with Crippen molar-refractivity contribution in [1.82, 2.24) is 14.7 Å². The third-order valence-electron chi connectivity index (χ3n) is 6.80. The van der Waals surface area contributed by atoms with Crippen molar-refractivity contribution in [2.24, 2.45) is 5.73 Å². The van der Waals surface area contributed by atoms with Crippen LogP contribution in [0.2, 0.25) is 0 Å². The van der Waals surface area contributed by atoms with Crippen molar-refractivity contribution < 1.29 is 9.59 Å². The van der Waals surface area contributed by atoms with Gasteiger partial charge in [-0.25, -0.2) is 0 Å². The van der Waals surface area contributed by atoms with Gasteiger partial charge in [0.2, 0.25) is 11.8 Å². The molecule has 1 aromatic rings. The number of piperazine rings is 1. The van der Waals surface area contributed by atoms with Gasteiger partial charge in [0.15, 0.2) is 0 Å². The predicted molar refractivity (Wildman–Crippen MR) is 109 cm³/mol. The summed E-state index contributed by atoms with van der Waals surface area (Å²) in [7, 11) is 0. The molecule has 7 heteroatoms. The maximum absolute atomic E-state index is 13.1. The standard InChI is InChI=1S/C22H29N5O2/c1-14-6-3-4-8-18(14)15(2)27-17-10-20(22(27)29)25(12-17)13-19(24)21(28)26-9-5-7-16(26)11-23/h3-4,6,8,15-17,19-20H,5,7,9-10,12-13,24H2,1-2H3/t15-,16?,17?,19-,20?/m0/s1. The fraction of sp³-hybridized carbons (Fsp3) is 0.591. The summed E-state index contributed by atoms with van der Waals surface area (Å²) in [5.41, 5.74) is 8.59. The quantitative estimate of drug-likeness (QED) is 0.808. The first-order valence-corrected chi connectivity index (χ1v) is 10.5. The summed E-state index contributed by atoms with van der Waals surface area (Å²) in [5.74, 6) is -0.0397. The van der Waals surface area contributed by atoms with E-state index >= 15 is 0 Å². The average molecular weight is 396 g/mol. The highest BCUT2D eigenvalue weighted by Crippen LogP contribution is 2.38. The number of benzene rings is 1. The smallest absolute Gasteiger partial charge is 0.241 e. The van der Waals surface area contributed by atoms with E-state index < -0.39 is 6.04 Å². The predicted octanol–water partition coefficient (Wildman–Crippen LogP) is 1.18. The van der Waals surface area contributed by atoms with Crippen molar-refractivity contribution in [3.05, 3.63) is 35.4 Å². The van der Waals surface area contributed by atoms with Crippen molar-refractivity contribution in [2.45, 2.75) is 63.3 Å². The van der Waals surface area contributed by atoms with Crippen LogP contribution >= 0.6 is 0 Å². The molecule has 2 bridgehead atoms. The first-order chi connectivity index (χ1) is 13.9. The van der Waals surface area contributed by atoms with Crippen molar-refractivity contribution >= 4 is 11.8 Å². The highest BCUT2D eigenvalue weighted by Gasteiger charge is 2.51. The van der Waals surface area contributed by atoms with Crippen LogP contribution in [0.15, 0.2) is 24.3 Å². The second-order valence-electron chi connectivity index (χ2n) is 8.56. The van der Waals surface area contributed by atoms with E-state index in [9.17, 15) is 14.9 Å². The number of nitrogens with two attached hydrogens (primary N) is 1. The van der Waals surface area contributed by atoms with Gasteiger partial charge in [0, 0.05) is 25.7 Å². The Morgan fingerprint density at radius 3 is 2.83 bits per heavy atom. The normalized spacial score (nSPS) is 28.6. The largest absolute Gasteiger partial charge is 0.330 e. The van der Waals surface area contributed by atoms with E-state index in [1.807, 2.05) is 17.0 Å². The molecule has 3 aliphatic heterocycles. The van der Waals surface area contributed by atoms with Crippen molar-refractivity contribution in [1.29, 1.82) is 5.26 Å². The highest BCUT2D eigenvalue weighted by atomic mass is 16.2. The van der Waals surface area contributed by atoms with E-state index in [0.29, 0.717) is 19.5 Å². The summed E-state index contributed by atoms with van der Waals surface area (Å²) < 4.78 is 0. The van der Waals surface area contributed by atoms with Gasteiger partial charge in [0.25, 0.3) is 0 Å². The summed E-state index contributed by atoms with van der Waals surface area (Å²) in [6.45, 7) is 5.88. The molecule has 0 aromatic heterocycles. The molecule has 5 atom stereocenters. The van der Waals surface area contributed by atoms with Crippen LogP contribution in [0.5, 0.6) is 0 Å². The minimum Gasteiger partial charge on any atom is -0.330 e. The van der Waals surface area contributed by atoms with E-state index in [2.05, 4.69) is 36.9 Å². The summed E-state index contributed by atoms with van der Waals surface area (Å²) in [6, 6.07) is 9.32. The number of amides is 2. The minimum atomic E-state index is -0.696. The first-order valence-electron chi connectivity index (χ1n) is 10.5. The topological polar surface area (TPSA) is 93.7 Å². The van der Waals surface area contributed by atoms with Gasteiger partial charge in [-0.15, -0.1) is 0 Å². The number of carbonyl (C=O) groups is 2. The van der Waals surface area contributed by atoms with E-state index in [1.165, 1.54) is 11.1 Å². The summed E-state index contributed by atoms with van der Waals surface area (Å²) >= 11 is 0. The van der Waals surface area contributed by atoms with Gasteiger partial charge in [-0.3, -0.25) is 14.5 Å². The number of hydrogen-bond donors (Lipinski definition) is 1. The monoisotopic (exact) mass is 395 g/mol. The van der Waals surface area contributed by atoms with Gasteiger partial charge in [0.05, 0.1) is 24.2 Å². The molecule has 2 amide bonds. The van der Waals surface area contributed by atoms with Gasteiger partial charge in [-0.2, -0.15) is 5.26 Å². The molecule has 154 valence electrons. The van der Waals surface area contributed by atoms with Gasteiger partial charge >= 0.3 is 0 Å². The fourth-order valence-corrected chi connectivity index (χ4v) is 5.31. The molecule has 0 aliphatic carbocycles. The Bertz CT molecular complexity index is 850. The zero-order valence-corrected chi connectivity index (χ0v) is 17.1. The van der Waals surface area contributed by atoms with Gasteiger partial charge in [-0.1, -0.05) is 24.3 Å². The molecular weight excluding hydrogens is 366 g/mol. The number of fused-ring (bicyclic) bond motifs is 2. The number of carbonyl (C=O) groups excluding carboxylic acids is 2. The van der Waals surface area contributed by atoms with Crippen molar-refractivity contribution in [2.75, 3.05) is 19.6 Å². The molecule has 3 unspecified atom stereocenters. The molecule has 29 heavy (non-hydrogen) atoms. The molecule has 4 rings (SSSR count). The summed E-state index contributed by atoms with van der Waals surface area (Å²) in [6.07, 6.45) is 2.35. The average Bonchev–Trinajstić information content (AvgIpc) is 3.41. The summed E-state index contributed by atoms with van der Waals surface area (Å²) in [5, 5.41) is 9.22. The number of hydrogen-bond acceptors (Lipinski definition) is 5. The Morgan fingerprint density at radius 2 is 2.14 bits per heavy atom. The van der Waals surface area contributed by atoms with Crippen LogP contribution in [0.3, 0.4) is 0 Å². The van der Waals surface area contributed by atoms with Crippen LogP contribution in [-0.2, 0) is 9.59 Å². The lowest BCUT2D eigenvalue weighted by molar-refractivity contribution is -0.141. The van der Waals surface area contributed by atoms with Crippen LogP contribution < -0.4 is 5.73 Å². The van der Waals surface area contributed by atoms with Crippen LogP contribution in [0, 0.1) is 18.3 Å². The Hall–Kier alpha value is -2.43. The Labute approximate surface area is 172 Å². The van der Waals surface area contributed by atoms with Crippen LogP contribution in [-0.4, -0.2) is 70.3 Å². The number of nitriles is 1. The molecule has 2 N–H and O–H groups in total. The molecule has 3 aliphatic rings. The molecular formula is C22H29N5O2. The fourth-order valence-electron chi connectivity index (χ4n) is 5.31. The lowest BCUT2D eigenvalue weighted by Crippen LogP contribution is -2.56. The third kappa shape index (κ3) is 3.41. The summed E-state index contributed by atoms with van der Waals surface area (Å²) in [4.78, 5) is 31.5. The molecule has 3 heterocycles. The second kappa shape index (κ2) is 7.77. The Morgan fingerprint density at radius 1 is 1.38 bits per heavy atom. The first kappa shape index (κ1) is 19.9. The Kier molecular flexibility index (Phi) is 5.32. The molecule has 3 fully saturated rings. The van der Waals surface area contributed by atoms with Crippen molar-refractivity contribution in [3.63, 3.8) is 0 Å². The van der Waals surface area contributed by atoms with Gasteiger partial charge in [-0.05, 0) is 44.2 Å². The Balaban J connectivity index is 1.40. The SMILES string of the molecule is Cc1ccccc1[C@H](C)N1C(=O)C2CC1CN2C[C@H](N)C(=O)N1CCCC1C#N. The van der Waals surface area contributed by atoms with Gasteiger partial charge in [0.1, 0.15) is 6.04 Å². The maximum Gasteiger partial charge on any atom is 0.241 e. The van der Waals surface area contributed by atoms with E-state index in [4.69, 9.17) is 5.73 Å². The zero-order chi connectivity index (χ0) is 20.7.